The molecule has 2 aromatic rings. The van der Waals surface area contributed by atoms with Gasteiger partial charge in [0.15, 0.2) is 0 Å². The van der Waals surface area contributed by atoms with Crippen molar-refractivity contribution in [1.29, 1.82) is 0 Å². The lowest BCUT2D eigenvalue weighted by atomic mass is 10.1. The van der Waals surface area contributed by atoms with Crippen LogP contribution in [0.5, 0.6) is 0 Å². The van der Waals surface area contributed by atoms with Crippen molar-refractivity contribution < 1.29 is 17.9 Å². The molecule has 0 saturated carbocycles. The van der Waals surface area contributed by atoms with Gasteiger partial charge in [0.2, 0.25) is 10.0 Å². The van der Waals surface area contributed by atoms with E-state index in [1.807, 2.05) is 13.0 Å². The summed E-state index contributed by atoms with van der Waals surface area (Å²) in [6.07, 6.45) is 0.696. The van der Waals surface area contributed by atoms with Crippen LogP contribution in [0.4, 0.5) is 5.69 Å². The van der Waals surface area contributed by atoms with Gasteiger partial charge in [-0.1, -0.05) is 42.5 Å². The van der Waals surface area contributed by atoms with E-state index in [0.29, 0.717) is 37.3 Å². The van der Waals surface area contributed by atoms with Gasteiger partial charge >= 0.3 is 0 Å². The van der Waals surface area contributed by atoms with Crippen molar-refractivity contribution in [2.24, 2.45) is 0 Å². The highest BCUT2D eigenvalue weighted by atomic mass is 32.2. The molecule has 140 valence electrons. The molecule has 2 N–H and O–H groups in total. The molecule has 0 bridgehead atoms. The Morgan fingerprint density at radius 1 is 1.04 bits per heavy atom. The number of para-hydroxylation sites is 1. The lowest BCUT2D eigenvalue weighted by molar-refractivity contribution is 0.0945. The van der Waals surface area contributed by atoms with Crippen LogP contribution in [0, 0.1) is 0 Å². The summed E-state index contributed by atoms with van der Waals surface area (Å²) in [4.78, 5) is 12.4. The second kappa shape index (κ2) is 9.94. The zero-order valence-electron chi connectivity index (χ0n) is 14.8. The van der Waals surface area contributed by atoms with Crippen molar-refractivity contribution in [2.45, 2.75) is 19.1 Å². The third-order valence-electron chi connectivity index (χ3n) is 3.59. The van der Waals surface area contributed by atoms with Crippen LogP contribution in [0.2, 0.25) is 0 Å². The van der Waals surface area contributed by atoms with Gasteiger partial charge in [-0.05, 0) is 31.0 Å². The molecule has 0 aromatic heterocycles. The number of sulfonamides is 1. The molecule has 0 radical (unpaired) electrons. The first-order valence-electron chi connectivity index (χ1n) is 8.51. The van der Waals surface area contributed by atoms with E-state index in [9.17, 15) is 13.2 Å². The van der Waals surface area contributed by atoms with Gasteiger partial charge in [0.05, 0.1) is 17.0 Å². The van der Waals surface area contributed by atoms with Crippen LogP contribution in [0.25, 0.3) is 0 Å². The van der Waals surface area contributed by atoms with E-state index in [2.05, 4.69) is 10.0 Å². The van der Waals surface area contributed by atoms with E-state index in [-0.39, 0.29) is 17.3 Å². The molecule has 0 saturated heterocycles. The Bertz CT molecular complexity index is 807. The summed E-state index contributed by atoms with van der Waals surface area (Å²) in [5.74, 6) is -0.475. The molecule has 0 fully saturated rings. The first kappa shape index (κ1) is 19.9. The van der Waals surface area contributed by atoms with E-state index >= 15 is 0 Å². The van der Waals surface area contributed by atoms with Gasteiger partial charge < -0.3 is 10.1 Å². The monoisotopic (exact) mass is 376 g/mol. The average molecular weight is 376 g/mol. The smallest absolute Gasteiger partial charge is 0.253 e. The van der Waals surface area contributed by atoms with Crippen LogP contribution < -0.4 is 10.0 Å². The Morgan fingerprint density at radius 2 is 1.73 bits per heavy atom. The molecule has 7 heteroatoms. The molecule has 0 heterocycles. The summed E-state index contributed by atoms with van der Waals surface area (Å²) in [7, 11) is -3.63. The zero-order valence-corrected chi connectivity index (χ0v) is 15.6. The predicted octanol–water partition coefficient (Wildman–Crippen LogP) is 2.78. The van der Waals surface area contributed by atoms with Crippen molar-refractivity contribution >= 4 is 21.6 Å². The second-order valence-corrected chi connectivity index (χ2v) is 7.42. The molecule has 0 spiro atoms. The van der Waals surface area contributed by atoms with Crippen LogP contribution in [-0.4, -0.2) is 34.1 Å². The van der Waals surface area contributed by atoms with Crippen LogP contribution in [0.3, 0.4) is 0 Å². The molecule has 0 aliphatic heterocycles. The fraction of sp³-hybridized carbons (Fsp3) is 0.316. The molecule has 2 rings (SSSR count). The largest absolute Gasteiger partial charge is 0.382 e. The number of amides is 1. The second-order valence-electron chi connectivity index (χ2n) is 5.70. The minimum Gasteiger partial charge on any atom is -0.382 e. The normalized spacial score (nSPS) is 11.1. The SMILES string of the molecule is CCOCCCNC(=O)c1ccccc1NS(=O)(=O)Cc1ccccc1. The minimum absolute atomic E-state index is 0.155. The van der Waals surface area contributed by atoms with E-state index in [4.69, 9.17) is 4.74 Å². The van der Waals surface area contributed by atoms with Crippen LogP contribution in [-0.2, 0) is 20.5 Å². The molecule has 0 aliphatic rings. The summed E-state index contributed by atoms with van der Waals surface area (Å²) in [5.41, 5.74) is 1.24. The molecule has 0 unspecified atom stereocenters. The Hall–Kier alpha value is -2.38. The molecule has 2 aromatic carbocycles. The number of ether oxygens (including phenoxy) is 1. The van der Waals surface area contributed by atoms with Gasteiger partial charge in [0, 0.05) is 19.8 Å². The third-order valence-corrected chi connectivity index (χ3v) is 4.84. The quantitative estimate of drug-likeness (QED) is 0.625. The molecule has 1 amide bonds. The fourth-order valence-corrected chi connectivity index (χ4v) is 3.60. The minimum atomic E-state index is -3.63. The summed E-state index contributed by atoms with van der Waals surface area (Å²) in [6, 6.07) is 15.5. The number of hydrogen-bond donors (Lipinski definition) is 2. The van der Waals surface area contributed by atoms with E-state index in [1.54, 1.807) is 48.5 Å². The molecule has 0 aliphatic carbocycles. The number of nitrogens with one attached hydrogen (secondary N) is 2. The molecule has 26 heavy (non-hydrogen) atoms. The van der Waals surface area contributed by atoms with Crippen LogP contribution in [0.1, 0.15) is 29.3 Å². The van der Waals surface area contributed by atoms with Crippen LogP contribution in [0.15, 0.2) is 54.6 Å². The van der Waals surface area contributed by atoms with E-state index in [1.165, 1.54) is 0 Å². The first-order valence-corrected chi connectivity index (χ1v) is 10.2. The summed E-state index contributed by atoms with van der Waals surface area (Å²) in [5, 5.41) is 2.78. The van der Waals surface area contributed by atoms with Gasteiger partial charge in [0.25, 0.3) is 5.91 Å². The highest BCUT2D eigenvalue weighted by Crippen LogP contribution is 2.18. The van der Waals surface area contributed by atoms with E-state index < -0.39 is 10.0 Å². The predicted molar refractivity (Wildman–Crippen MR) is 103 cm³/mol. The van der Waals surface area contributed by atoms with Crippen molar-refractivity contribution in [3.8, 4) is 0 Å². The van der Waals surface area contributed by atoms with Crippen LogP contribution >= 0.6 is 0 Å². The fourth-order valence-electron chi connectivity index (χ4n) is 2.38. The lowest BCUT2D eigenvalue weighted by Crippen LogP contribution is -2.27. The lowest BCUT2D eigenvalue weighted by Gasteiger charge is -2.13. The maximum atomic E-state index is 12.4. The van der Waals surface area contributed by atoms with Gasteiger partial charge in [-0.25, -0.2) is 8.42 Å². The molecule has 6 nitrogen and oxygen atoms in total. The van der Waals surface area contributed by atoms with Crippen molar-refractivity contribution in [3.63, 3.8) is 0 Å². The van der Waals surface area contributed by atoms with Gasteiger partial charge in [0.1, 0.15) is 0 Å². The van der Waals surface area contributed by atoms with Crippen molar-refractivity contribution in [1.82, 2.24) is 5.32 Å². The Kier molecular flexibility index (Phi) is 7.62. The number of carbonyl (C=O) groups is 1. The Morgan fingerprint density at radius 3 is 2.46 bits per heavy atom. The number of carbonyl (C=O) groups excluding carboxylic acids is 1. The number of rotatable bonds is 10. The highest BCUT2D eigenvalue weighted by Gasteiger charge is 2.17. The number of anilines is 1. The maximum absolute atomic E-state index is 12.4. The third kappa shape index (κ3) is 6.50. The molecular formula is C19H24N2O4S. The van der Waals surface area contributed by atoms with Gasteiger partial charge in [-0.15, -0.1) is 0 Å². The molecular weight excluding hydrogens is 352 g/mol. The number of benzene rings is 2. The van der Waals surface area contributed by atoms with Gasteiger partial charge in [-0.3, -0.25) is 9.52 Å². The van der Waals surface area contributed by atoms with Gasteiger partial charge in [-0.2, -0.15) is 0 Å². The molecule has 0 atom stereocenters. The zero-order chi connectivity index (χ0) is 18.8. The van der Waals surface area contributed by atoms with Crippen molar-refractivity contribution in [2.75, 3.05) is 24.5 Å². The standard InChI is InChI=1S/C19H24N2O4S/c1-2-25-14-8-13-20-19(22)17-11-6-7-12-18(17)21-26(23,24)15-16-9-4-3-5-10-16/h3-7,9-12,21H,2,8,13-15H2,1H3,(H,20,22). The topological polar surface area (TPSA) is 84.5 Å². The first-order chi connectivity index (χ1) is 12.5. The summed E-state index contributed by atoms with van der Waals surface area (Å²) in [6.45, 7) is 3.59. The summed E-state index contributed by atoms with van der Waals surface area (Å²) < 4.78 is 32.6. The summed E-state index contributed by atoms with van der Waals surface area (Å²) >= 11 is 0. The highest BCUT2D eigenvalue weighted by molar-refractivity contribution is 7.91. The Balaban J connectivity index is 2.02. The maximum Gasteiger partial charge on any atom is 0.253 e. The van der Waals surface area contributed by atoms with Crippen molar-refractivity contribution in [3.05, 3.63) is 65.7 Å². The number of hydrogen-bond acceptors (Lipinski definition) is 4. The Labute approximate surface area is 154 Å². The van der Waals surface area contributed by atoms with E-state index in [0.717, 1.165) is 0 Å². The average Bonchev–Trinajstić information content (AvgIpc) is 2.62.